The van der Waals surface area contributed by atoms with Gasteiger partial charge in [-0.3, -0.25) is 0 Å². The molecule has 1 aromatic rings. The summed E-state index contributed by atoms with van der Waals surface area (Å²) in [5.74, 6) is 3.48. The SMILES string of the molecule is C=Cc1cc2c(cc1OCC)C1CCC3(C)/C(=C\C)CCCC3C1CC2. The molecule has 1 heteroatoms. The lowest BCUT2D eigenvalue weighted by molar-refractivity contribution is 0.0344. The summed E-state index contributed by atoms with van der Waals surface area (Å²) in [6.45, 7) is 11.6. The second kappa shape index (κ2) is 6.91. The van der Waals surface area contributed by atoms with Crippen molar-refractivity contribution in [3.63, 3.8) is 0 Å². The van der Waals surface area contributed by atoms with Crippen molar-refractivity contribution >= 4 is 6.08 Å². The minimum absolute atomic E-state index is 0.454. The molecule has 26 heavy (non-hydrogen) atoms. The van der Waals surface area contributed by atoms with Gasteiger partial charge in [0.2, 0.25) is 0 Å². The van der Waals surface area contributed by atoms with Crippen LogP contribution in [0, 0.1) is 17.3 Å². The Bertz CT molecular complexity index is 728. The maximum Gasteiger partial charge on any atom is 0.126 e. The number of fused-ring (bicyclic) bond motifs is 5. The fraction of sp³-hybridized carbons (Fsp3) is 0.600. The number of rotatable bonds is 3. The predicted molar refractivity (Wildman–Crippen MR) is 111 cm³/mol. The summed E-state index contributed by atoms with van der Waals surface area (Å²) >= 11 is 0. The molecule has 4 unspecified atom stereocenters. The van der Waals surface area contributed by atoms with Crippen molar-refractivity contribution < 1.29 is 4.74 Å². The smallest absolute Gasteiger partial charge is 0.126 e. The average Bonchev–Trinajstić information content (AvgIpc) is 2.66. The normalized spacial score (nSPS) is 34.6. The van der Waals surface area contributed by atoms with E-state index in [4.69, 9.17) is 4.74 Å². The lowest BCUT2D eigenvalue weighted by Crippen LogP contribution is -2.45. The first-order valence-corrected chi connectivity index (χ1v) is 10.7. The first kappa shape index (κ1) is 17.9. The van der Waals surface area contributed by atoms with Gasteiger partial charge in [0.25, 0.3) is 0 Å². The van der Waals surface area contributed by atoms with Crippen LogP contribution in [0.3, 0.4) is 0 Å². The number of allylic oxidation sites excluding steroid dienone is 2. The zero-order chi connectivity index (χ0) is 18.3. The Balaban J connectivity index is 1.72. The molecule has 0 aromatic heterocycles. The standard InChI is InChI=1S/C25H34O/c1-5-17-15-18-11-12-21-20(22(18)16-24(17)26-7-3)13-14-25(4)19(6-2)9-8-10-23(21)25/h5-6,15-16,20-21,23H,1,7-14H2,2-4H3/b19-6-. The Labute approximate surface area is 159 Å². The van der Waals surface area contributed by atoms with Crippen LogP contribution < -0.4 is 4.74 Å². The van der Waals surface area contributed by atoms with Crippen molar-refractivity contribution in [1.29, 1.82) is 0 Å². The molecule has 0 N–H and O–H groups in total. The third-order valence-electron chi connectivity index (χ3n) is 7.81. The summed E-state index contributed by atoms with van der Waals surface area (Å²) in [5, 5.41) is 0. The van der Waals surface area contributed by atoms with Crippen LogP contribution in [0.1, 0.15) is 81.9 Å². The summed E-state index contributed by atoms with van der Waals surface area (Å²) in [6.07, 6.45) is 13.8. The van der Waals surface area contributed by atoms with E-state index in [0.717, 1.165) is 30.1 Å². The van der Waals surface area contributed by atoms with Crippen molar-refractivity contribution in [2.24, 2.45) is 17.3 Å². The molecule has 1 nitrogen and oxygen atoms in total. The molecule has 0 amide bonds. The van der Waals surface area contributed by atoms with Gasteiger partial charge in [0.1, 0.15) is 5.75 Å². The highest BCUT2D eigenvalue weighted by Gasteiger charge is 2.50. The van der Waals surface area contributed by atoms with E-state index in [1.54, 1.807) is 16.7 Å². The van der Waals surface area contributed by atoms with Gasteiger partial charge in [0, 0.05) is 5.56 Å². The van der Waals surface area contributed by atoms with Gasteiger partial charge in [-0.1, -0.05) is 31.2 Å². The summed E-state index contributed by atoms with van der Waals surface area (Å²) in [7, 11) is 0. The average molecular weight is 351 g/mol. The lowest BCUT2D eigenvalue weighted by Gasteiger charge is -2.55. The summed E-state index contributed by atoms with van der Waals surface area (Å²) in [6, 6.07) is 4.73. The topological polar surface area (TPSA) is 9.23 Å². The molecule has 2 fully saturated rings. The van der Waals surface area contributed by atoms with Gasteiger partial charge >= 0.3 is 0 Å². The summed E-state index contributed by atoms with van der Waals surface area (Å²) in [4.78, 5) is 0. The Morgan fingerprint density at radius 1 is 1.23 bits per heavy atom. The van der Waals surface area contributed by atoms with Crippen LogP contribution in [-0.4, -0.2) is 6.61 Å². The first-order chi connectivity index (χ1) is 12.6. The third-order valence-corrected chi connectivity index (χ3v) is 7.81. The highest BCUT2D eigenvalue weighted by Crippen LogP contribution is 2.61. The Kier molecular flexibility index (Phi) is 4.75. The van der Waals surface area contributed by atoms with Crippen LogP contribution in [-0.2, 0) is 6.42 Å². The van der Waals surface area contributed by atoms with Gasteiger partial charge in [0.15, 0.2) is 0 Å². The monoisotopic (exact) mass is 350 g/mol. The summed E-state index contributed by atoms with van der Waals surface area (Å²) in [5.41, 5.74) is 6.50. The van der Waals surface area contributed by atoms with E-state index in [1.807, 2.05) is 6.08 Å². The predicted octanol–water partition coefficient (Wildman–Crippen LogP) is 6.92. The lowest BCUT2D eigenvalue weighted by atomic mass is 9.49. The minimum Gasteiger partial charge on any atom is -0.493 e. The fourth-order valence-electron chi connectivity index (χ4n) is 6.58. The van der Waals surface area contributed by atoms with E-state index in [-0.39, 0.29) is 0 Å². The van der Waals surface area contributed by atoms with Gasteiger partial charge in [-0.2, -0.15) is 0 Å². The van der Waals surface area contributed by atoms with Crippen LogP contribution in [0.2, 0.25) is 0 Å². The molecule has 3 aliphatic rings. The van der Waals surface area contributed by atoms with E-state index >= 15 is 0 Å². The maximum absolute atomic E-state index is 5.95. The van der Waals surface area contributed by atoms with Crippen molar-refractivity contribution in [3.8, 4) is 5.75 Å². The molecule has 4 atom stereocenters. The largest absolute Gasteiger partial charge is 0.493 e. The molecule has 0 spiro atoms. The number of hydrogen-bond acceptors (Lipinski definition) is 1. The molecule has 1 aromatic carbocycles. The second-order valence-electron chi connectivity index (χ2n) is 8.80. The van der Waals surface area contributed by atoms with Gasteiger partial charge in [-0.15, -0.1) is 0 Å². The van der Waals surface area contributed by atoms with Crippen LogP contribution in [0.5, 0.6) is 5.75 Å². The van der Waals surface area contributed by atoms with E-state index in [9.17, 15) is 0 Å². The van der Waals surface area contributed by atoms with E-state index in [1.165, 1.54) is 50.5 Å². The van der Waals surface area contributed by atoms with Crippen LogP contribution in [0.4, 0.5) is 0 Å². The Morgan fingerprint density at radius 2 is 2.08 bits per heavy atom. The molecule has 3 aliphatic carbocycles. The second-order valence-corrected chi connectivity index (χ2v) is 8.80. The van der Waals surface area contributed by atoms with E-state index in [0.29, 0.717) is 5.41 Å². The molecule has 0 bridgehead atoms. The Hall–Kier alpha value is -1.50. The number of hydrogen-bond donors (Lipinski definition) is 0. The fourth-order valence-corrected chi connectivity index (χ4v) is 6.58. The zero-order valence-corrected chi connectivity index (χ0v) is 16.8. The van der Waals surface area contributed by atoms with Gasteiger partial charge in [-0.25, -0.2) is 0 Å². The minimum atomic E-state index is 0.454. The molecule has 4 rings (SSSR count). The van der Waals surface area contributed by atoms with Crippen molar-refractivity contribution in [3.05, 3.63) is 47.1 Å². The van der Waals surface area contributed by atoms with Gasteiger partial charge < -0.3 is 4.74 Å². The number of aryl methyl sites for hydroxylation is 1. The van der Waals surface area contributed by atoms with E-state index in [2.05, 4.69) is 45.6 Å². The van der Waals surface area contributed by atoms with Gasteiger partial charge in [-0.05, 0) is 105 Å². The maximum atomic E-state index is 5.95. The van der Waals surface area contributed by atoms with Crippen LogP contribution in [0.25, 0.3) is 6.08 Å². The Morgan fingerprint density at radius 3 is 2.81 bits per heavy atom. The summed E-state index contributed by atoms with van der Waals surface area (Å²) < 4.78 is 5.95. The zero-order valence-electron chi connectivity index (χ0n) is 16.8. The first-order valence-electron chi connectivity index (χ1n) is 10.7. The quantitative estimate of drug-likeness (QED) is 0.538. The molecule has 0 heterocycles. The molecule has 0 saturated heterocycles. The molecular weight excluding hydrogens is 316 g/mol. The van der Waals surface area contributed by atoms with Gasteiger partial charge in [0.05, 0.1) is 6.61 Å². The van der Waals surface area contributed by atoms with Crippen LogP contribution >= 0.6 is 0 Å². The number of benzene rings is 1. The third kappa shape index (κ3) is 2.66. The van der Waals surface area contributed by atoms with Crippen molar-refractivity contribution in [2.45, 2.75) is 71.6 Å². The molecular formula is C25H34O. The van der Waals surface area contributed by atoms with E-state index < -0.39 is 0 Å². The molecule has 0 radical (unpaired) electrons. The van der Waals surface area contributed by atoms with Crippen molar-refractivity contribution in [1.82, 2.24) is 0 Å². The molecule has 2 saturated carbocycles. The van der Waals surface area contributed by atoms with Crippen molar-refractivity contribution in [2.75, 3.05) is 6.61 Å². The highest BCUT2D eigenvalue weighted by atomic mass is 16.5. The number of ether oxygens (including phenoxy) is 1. The molecule has 0 aliphatic heterocycles. The van der Waals surface area contributed by atoms with Crippen LogP contribution in [0.15, 0.2) is 30.4 Å². The highest BCUT2D eigenvalue weighted by molar-refractivity contribution is 5.60. The molecule has 140 valence electrons.